The van der Waals surface area contributed by atoms with Gasteiger partial charge in [0.15, 0.2) is 0 Å². The van der Waals surface area contributed by atoms with Gasteiger partial charge in [-0.25, -0.2) is 0 Å². The first-order chi connectivity index (χ1) is 10.2. The molecule has 0 saturated carbocycles. The number of amides is 2. The molecule has 0 aromatic heterocycles. The lowest BCUT2D eigenvalue weighted by Crippen LogP contribution is -2.34. The van der Waals surface area contributed by atoms with Crippen molar-refractivity contribution in [3.63, 3.8) is 0 Å². The Labute approximate surface area is 122 Å². The van der Waals surface area contributed by atoms with Crippen molar-refractivity contribution in [2.24, 2.45) is 0 Å². The van der Waals surface area contributed by atoms with Crippen LogP contribution in [-0.2, 0) is 21.0 Å². The molecular formula is C16H15NO4. The molecule has 5 heteroatoms. The molecule has 0 unspecified atom stereocenters. The Hall–Kier alpha value is -2.66. The van der Waals surface area contributed by atoms with Gasteiger partial charge in [-0.15, -0.1) is 5.06 Å². The molecule has 108 valence electrons. The number of imide groups is 1. The van der Waals surface area contributed by atoms with Crippen LogP contribution in [-0.4, -0.2) is 24.0 Å². The second-order valence-electron chi connectivity index (χ2n) is 4.20. The number of carbonyl (C=O) groups excluding carboxylic acids is 2. The maximum Gasteiger partial charge on any atom is 0.277 e. The first-order valence-electron chi connectivity index (χ1n) is 6.36. The van der Waals surface area contributed by atoms with Crippen LogP contribution in [0.1, 0.15) is 5.56 Å². The van der Waals surface area contributed by atoms with Crippen LogP contribution in [0.25, 0.3) is 0 Å². The zero-order chi connectivity index (χ0) is 15.1. The number of methoxy groups -OCH3 is 1. The summed E-state index contributed by atoms with van der Waals surface area (Å²) in [6.07, 6.45) is 8.97. The third kappa shape index (κ3) is 4.15. The summed E-state index contributed by atoms with van der Waals surface area (Å²) in [5.41, 5.74) is 0.822. The third-order valence-corrected chi connectivity index (χ3v) is 2.73. The quantitative estimate of drug-likeness (QED) is 0.796. The van der Waals surface area contributed by atoms with Crippen LogP contribution in [0.4, 0.5) is 0 Å². The van der Waals surface area contributed by atoms with Crippen LogP contribution in [0.15, 0.2) is 60.7 Å². The van der Waals surface area contributed by atoms with Crippen LogP contribution >= 0.6 is 0 Å². The Morgan fingerprint density at radius 3 is 2.00 bits per heavy atom. The van der Waals surface area contributed by atoms with Gasteiger partial charge < -0.3 is 4.74 Å². The number of hydrogen-bond donors (Lipinski definition) is 0. The average molecular weight is 285 g/mol. The Morgan fingerprint density at radius 1 is 0.905 bits per heavy atom. The second kappa shape index (κ2) is 7.21. The molecule has 0 aliphatic carbocycles. The van der Waals surface area contributed by atoms with Gasteiger partial charge in [0.2, 0.25) is 0 Å². The van der Waals surface area contributed by atoms with E-state index in [1.54, 1.807) is 55.7 Å². The summed E-state index contributed by atoms with van der Waals surface area (Å²) in [6, 6.07) is 7.17. The van der Waals surface area contributed by atoms with Crippen LogP contribution < -0.4 is 4.74 Å². The maximum atomic E-state index is 11.9. The zero-order valence-corrected chi connectivity index (χ0v) is 11.6. The molecule has 2 amide bonds. The highest BCUT2D eigenvalue weighted by Gasteiger charge is 2.18. The van der Waals surface area contributed by atoms with Crippen molar-refractivity contribution < 1.29 is 19.2 Å². The topological polar surface area (TPSA) is 55.8 Å². The van der Waals surface area contributed by atoms with E-state index in [0.717, 1.165) is 16.4 Å². The fourth-order valence-corrected chi connectivity index (χ4v) is 1.64. The van der Waals surface area contributed by atoms with Crippen molar-refractivity contribution in [3.05, 3.63) is 66.3 Å². The van der Waals surface area contributed by atoms with Crippen molar-refractivity contribution in [2.45, 2.75) is 6.61 Å². The maximum absolute atomic E-state index is 11.9. The van der Waals surface area contributed by atoms with Crippen molar-refractivity contribution in [1.82, 2.24) is 5.06 Å². The van der Waals surface area contributed by atoms with Crippen molar-refractivity contribution in [2.75, 3.05) is 7.11 Å². The molecule has 1 aromatic rings. The predicted octanol–water partition coefficient (Wildman–Crippen LogP) is 2.16. The molecule has 0 spiro atoms. The lowest BCUT2D eigenvalue weighted by atomic mass is 10.2. The van der Waals surface area contributed by atoms with Gasteiger partial charge in [0, 0.05) is 12.2 Å². The SMILES string of the molecule is COc1ccc(CON2C(=O)C=CC=CC=CC2=O)cc1. The highest BCUT2D eigenvalue weighted by Crippen LogP contribution is 2.13. The van der Waals surface area contributed by atoms with Crippen molar-refractivity contribution in [3.8, 4) is 5.75 Å². The third-order valence-electron chi connectivity index (χ3n) is 2.73. The molecule has 0 fully saturated rings. The lowest BCUT2D eigenvalue weighted by Gasteiger charge is -2.16. The molecule has 5 nitrogen and oxygen atoms in total. The van der Waals surface area contributed by atoms with Gasteiger partial charge in [-0.2, -0.15) is 0 Å². The summed E-state index contributed by atoms with van der Waals surface area (Å²) in [5.74, 6) is -0.319. The van der Waals surface area contributed by atoms with Crippen LogP contribution in [0, 0.1) is 0 Å². The van der Waals surface area contributed by atoms with Gasteiger partial charge in [-0.3, -0.25) is 14.4 Å². The van der Waals surface area contributed by atoms with Crippen LogP contribution in [0.2, 0.25) is 0 Å². The normalized spacial score (nSPS) is 14.8. The van der Waals surface area contributed by atoms with Crippen LogP contribution in [0.5, 0.6) is 5.75 Å². The molecule has 1 aliphatic rings. The predicted molar refractivity (Wildman–Crippen MR) is 77.1 cm³/mol. The smallest absolute Gasteiger partial charge is 0.277 e. The molecular weight excluding hydrogens is 270 g/mol. The number of benzene rings is 1. The largest absolute Gasteiger partial charge is 0.497 e. The molecule has 0 N–H and O–H groups in total. The number of ether oxygens (including phenoxy) is 1. The van der Waals surface area contributed by atoms with E-state index in [-0.39, 0.29) is 6.61 Å². The van der Waals surface area contributed by atoms with E-state index in [0.29, 0.717) is 0 Å². The fraction of sp³-hybridized carbons (Fsp3) is 0.125. The van der Waals surface area contributed by atoms with E-state index in [4.69, 9.17) is 9.57 Å². The fourth-order valence-electron chi connectivity index (χ4n) is 1.64. The van der Waals surface area contributed by atoms with Gasteiger partial charge in [0.05, 0.1) is 7.11 Å². The van der Waals surface area contributed by atoms with Gasteiger partial charge >= 0.3 is 0 Å². The summed E-state index contributed by atoms with van der Waals surface area (Å²) in [5, 5.41) is 0.740. The van der Waals surface area contributed by atoms with E-state index >= 15 is 0 Å². The molecule has 1 heterocycles. The molecule has 2 rings (SSSR count). The number of nitrogens with zero attached hydrogens (tertiary/aromatic N) is 1. The number of hydrogen-bond acceptors (Lipinski definition) is 4. The van der Waals surface area contributed by atoms with Crippen molar-refractivity contribution >= 4 is 11.8 Å². The molecule has 1 aromatic carbocycles. The molecule has 0 atom stereocenters. The highest BCUT2D eigenvalue weighted by molar-refractivity contribution is 6.04. The Morgan fingerprint density at radius 2 is 1.48 bits per heavy atom. The van der Waals surface area contributed by atoms with E-state index in [2.05, 4.69) is 0 Å². The first kappa shape index (κ1) is 14.7. The number of hydroxylamine groups is 2. The number of allylic oxidation sites excluding steroid dienone is 4. The van der Waals surface area contributed by atoms with Gasteiger partial charge in [0.25, 0.3) is 11.8 Å². The second-order valence-corrected chi connectivity index (χ2v) is 4.20. The number of rotatable bonds is 4. The summed E-state index contributed by atoms with van der Waals surface area (Å²) in [7, 11) is 1.58. The standard InChI is InChI=1S/C16H15NO4/c1-20-14-10-8-13(9-11-14)12-21-17-15(18)6-4-2-3-5-7-16(17)19/h2-11H,12H2,1H3. The first-order valence-corrected chi connectivity index (χ1v) is 6.36. The summed E-state index contributed by atoms with van der Waals surface area (Å²) < 4.78 is 5.06. The molecule has 21 heavy (non-hydrogen) atoms. The molecule has 1 aliphatic heterocycles. The Balaban J connectivity index is 2.05. The lowest BCUT2D eigenvalue weighted by molar-refractivity contribution is -0.191. The average Bonchev–Trinajstić information content (AvgIpc) is 2.58. The molecule has 0 bridgehead atoms. The van der Waals surface area contributed by atoms with E-state index in [9.17, 15) is 9.59 Å². The summed E-state index contributed by atoms with van der Waals surface area (Å²) in [4.78, 5) is 29.0. The monoisotopic (exact) mass is 285 g/mol. The number of carbonyl (C=O) groups is 2. The summed E-state index contributed by atoms with van der Waals surface area (Å²) in [6.45, 7) is 0.108. The van der Waals surface area contributed by atoms with Gasteiger partial charge in [-0.1, -0.05) is 36.4 Å². The molecule has 0 saturated heterocycles. The zero-order valence-electron chi connectivity index (χ0n) is 11.6. The molecule has 0 radical (unpaired) electrons. The summed E-state index contributed by atoms with van der Waals surface area (Å²) >= 11 is 0. The van der Waals surface area contributed by atoms with E-state index in [1.807, 2.05) is 0 Å². The minimum Gasteiger partial charge on any atom is -0.497 e. The van der Waals surface area contributed by atoms with Gasteiger partial charge in [0.1, 0.15) is 12.4 Å². The van der Waals surface area contributed by atoms with Crippen molar-refractivity contribution in [1.29, 1.82) is 0 Å². The highest BCUT2D eigenvalue weighted by atomic mass is 16.7. The van der Waals surface area contributed by atoms with E-state index in [1.165, 1.54) is 12.2 Å². The minimum absolute atomic E-state index is 0.108. The van der Waals surface area contributed by atoms with E-state index < -0.39 is 11.8 Å². The van der Waals surface area contributed by atoms with Crippen LogP contribution in [0.3, 0.4) is 0 Å². The Kier molecular flexibility index (Phi) is 5.06. The Bertz CT molecular complexity index is 571. The van der Waals surface area contributed by atoms with Gasteiger partial charge in [-0.05, 0) is 17.7 Å². The minimum atomic E-state index is -0.523.